The van der Waals surface area contributed by atoms with Crippen molar-refractivity contribution in [2.75, 3.05) is 67.6 Å². The topological polar surface area (TPSA) is 65.1 Å². The van der Waals surface area contributed by atoms with Crippen molar-refractivity contribution in [1.82, 2.24) is 4.90 Å². The maximum atomic E-state index is 13.6. The molecule has 1 N–H and O–H groups in total. The summed E-state index contributed by atoms with van der Waals surface area (Å²) in [6.45, 7) is 8.88. The van der Waals surface area contributed by atoms with Crippen molar-refractivity contribution in [2.24, 2.45) is 0 Å². The second-order valence-electron chi connectivity index (χ2n) is 10.1. The van der Waals surface area contributed by atoms with E-state index in [9.17, 15) is 14.0 Å². The van der Waals surface area contributed by atoms with Gasteiger partial charge in [-0.3, -0.25) is 14.5 Å². The molecule has 3 aromatic rings. The van der Waals surface area contributed by atoms with E-state index in [0.717, 1.165) is 70.2 Å². The Balaban J connectivity index is 1.26. The lowest BCUT2D eigenvalue weighted by atomic mass is 10.1. The number of fused-ring (bicyclic) bond motifs is 1. The fourth-order valence-electron chi connectivity index (χ4n) is 5.26. The van der Waals surface area contributed by atoms with Crippen LogP contribution in [0.1, 0.15) is 39.1 Å². The van der Waals surface area contributed by atoms with Gasteiger partial charge in [0.1, 0.15) is 5.82 Å². The number of aryl methyl sites for hydroxylation is 1. The van der Waals surface area contributed by atoms with Crippen LogP contribution < -0.4 is 15.1 Å². The van der Waals surface area contributed by atoms with E-state index < -0.39 is 5.82 Å². The molecular formula is C31H35FN4O3. The lowest BCUT2D eigenvalue weighted by molar-refractivity contribution is 0.0376. The van der Waals surface area contributed by atoms with E-state index in [2.05, 4.69) is 21.2 Å². The molecule has 0 saturated carbocycles. The van der Waals surface area contributed by atoms with Gasteiger partial charge in [0.05, 0.1) is 24.6 Å². The zero-order chi connectivity index (χ0) is 27.2. The van der Waals surface area contributed by atoms with Crippen LogP contribution in [0.25, 0.3) is 0 Å². The zero-order valence-corrected chi connectivity index (χ0v) is 22.4. The summed E-state index contributed by atoms with van der Waals surface area (Å²) in [5.41, 5.74) is 4.07. The Morgan fingerprint density at radius 1 is 0.897 bits per heavy atom. The number of carbonyl (C=O) groups is 2. The molecule has 1 saturated heterocycles. The van der Waals surface area contributed by atoms with Crippen LogP contribution in [-0.4, -0.2) is 69.2 Å². The Morgan fingerprint density at radius 2 is 1.64 bits per heavy atom. The predicted octanol–water partition coefficient (Wildman–Crippen LogP) is 4.97. The third-order valence-electron chi connectivity index (χ3n) is 7.41. The number of amides is 2. The summed E-state index contributed by atoms with van der Waals surface area (Å²) >= 11 is 0. The smallest absolute Gasteiger partial charge is 0.258 e. The van der Waals surface area contributed by atoms with E-state index in [-0.39, 0.29) is 17.4 Å². The number of nitrogens with zero attached hydrogens (tertiary/aromatic N) is 3. The molecule has 0 radical (unpaired) electrons. The monoisotopic (exact) mass is 530 g/mol. The third-order valence-corrected chi connectivity index (χ3v) is 7.41. The minimum atomic E-state index is -0.458. The normalized spacial score (nSPS) is 15.9. The number of para-hydroxylation sites is 2. The molecule has 1 fully saturated rings. The minimum Gasteiger partial charge on any atom is -0.379 e. The van der Waals surface area contributed by atoms with Gasteiger partial charge in [-0.15, -0.1) is 0 Å². The fraction of sp³-hybridized carbons (Fsp3) is 0.355. The Bertz CT molecular complexity index is 1310. The first-order valence-electron chi connectivity index (χ1n) is 13.6. The Hall–Kier alpha value is -3.75. The van der Waals surface area contributed by atoms with Gasteiger partial charge in [-0.2, -0.15) is 0 Å². The standard InChI is InChI=1S/C31H35FN4O3/c1-23-8-11-25(32)22-27(23)30(37)33-26-12-9-24(10-13-26)31(38)36-17-5-16-35(28-6-2-3-7-29(28)36)15-4-14-34-18-20-39-21-19-34/h2-3,6-13,22H,4-5,14-21H2,1H3,(H,33,37). The number of ether oxygens (including phenoxy) is 1. The SMILES string of the molecule is Cc1ccc(F)cc1C(=O)Nc1ccc(C(=O)N2CCCN(CCCN3CCOCC3)c3ccccc32)cc1. The van der Waals surface area contributed by atoms with Crippen LogP contribution in [-0.2, 0) is 4.74 Å². The molecule has 0 spiro atoms. The molecule has 5 rings (SSSR count). The first-order chi connectivity index (χ1) is 19.0. The molecule has 2 heterocycles. The van der Waals surface area contributed by atoms with Crippen LogP contribution in [0.2, 0.25) is 0 Å². The Morgan fingerprint density at radius 3 is 2.41 bits per heavy atom. The first kappa shape index (κ1) is 26.8. The third kappa shape index (κ3) is 6.46. The van der Waals surface area contributed by atoms with Gasteiger partial charge in [0.15, 0.2) is 0 Å². The van der Waals surface area contributed by atoms with Gasteiger partial charge in [0, 0.05) is 56.1 Å². The number of carbonyl (C=O) groups excluding carboxylic acids is 2. The average Bonchev–Trinajstić information content (AvgIpc) is 3.14. The second-order valence-corrected chi connectivity index (χ2v) is 10.1. The maximum absolute atomic E-state index is 13.6. The largest absolute Gasteiger partial charge is 0.379 e. The molecular weight excluding hydrogens is 495 g/mol. The summed E-state index contributed by atoms with van der Waals surface area (Å²) in [6.07, 6.45) is 1.93. The summed E-state index contributed by atoms with van der Waals surface area (Å²) in [7, 11) is 0. The molecule has 0 aromatic heterocycles. The summed E-state index contributed by atoms with van der Waals surface area (Å²) < 4.78 is 19.1. The number of rotatable bonds is 7. The molecule has 0 unspecified atom stereocenters. The van der Waals surface area contributed by atoms with Gasteiger partial charge in [0.25, 0.3) is 11.8 Å². The molecule has 2 aliphatic rings. The average molecular weight is 531 g/mol. The van der Waals surface area contributed by atoms with E-state index in [1.807, 2.05) is 23.1 Å². The van der Waals surface area contributed by atoms with Crippen LogP contribution in [0.4, 0.5) is 21.5 Å². The minimum absolute atomic E-state index is 0.0727. The van der Waals surface area contributed by atoms with Crippen LogP contribution in [0.3, 0.4) is 0 Å². The van der Waals surface area contributed by atoms with Gasteiger partial charge in [-0.25, -0.2) is 4.39 Å². The van der Waals surface area contributed by atoms with Crippen molar-refractivity contribution in [3.63, 3.8) is 0 Å². The zero-order valence-electron chi connectivity index (χ0n) is 22.4. The Labute approximate surface area is 229 Å². The molecule has 0 atom stereocenters. The van der Waals surface area contributed by atoms with Crippen molar-refractivity contribution in [3.8, 4) is 0 Å². The highest BCUT2D eigenvalue weighted by Crippen LogP contribution is 2.33. The number of benzene rings is 3. The number of halogens is 1. The number of hydrogen-bond acceptors (Lipinski definition) is 5. The van der Waals surface area contributed by atoms with E-state index in [1.165, 1.54) is 12.1 Å². The highest BCUT2D eigenvalue weighted by molar-refractivity contribution is 6.09. The van der Waals surface area contributed by atoms with Gasteiger partial charge in [0.2, 0.25) is 0 Å². The van der Waals surface area contributed by atoms with Crippen molar-refractivity contribution >= 4 is 28.9 Å². The van der Waals surface area contributed by atoms with Gasteiger partial charge in [-0.05, 0) is 73.9 Å². The molecule has 0 bridgehead atoms. The van der Waals surface area contributed by atoms with Crippen molar-refractivity contribution in [1.29, 1.82) is 0 Å². The number of anilines is 3. The molecule has 2 aliphatic heterocycles. The highest BCUT2D eigenvalue weighted by atomic mass is 19.1. The molecule has 39 heavy (non-hydrogen) atoms. The van der Waals surface area contributed by atoms with Crippen LogP contribution >= 0.6 is 0 Å². The van der Waals surface area contributed by atoms with Crippen LogP contribution in [0.15, 0.2) is 66.7 Å². The van der Waals surface area contributed by atoms with Crippen molar-refractivity contribution in [2.45, 2.75) is 19.8 Å². The van der Waals surface area contributed by atoms with E-state index in [4.69, 9.17) is 4.74 Å². The molecule has 204 valence electrons. The summed E-state index contributed by atoms with van der Waals surface area (Å²) in [4.78, 5) is 33.0. The molecule has 8 heteroatoms. The molecule has 2 amide bonds. The van der Waals surface area contributed by atoms with Crippen LogP contribution in [0, 0.1) is 12.7 Å². The number of nitrogens with one attached hydrogen (secondary N) is 1. The number of morpholine rings is 1. The van der Waals surface area contributed by atoms with Crippen molar-refractivity contribution in [3.05, 3.63) is 89.2 Å². The van der Waals surface area contributed by atoms with Crippen molar-refractivity contribution < 1.29 is 18.7 Å². The molecule has 3 aromatic carbocycles. The van der Waals surface area contributed by atoms with Gasteiger partial charge >= 0.3 is 0 Å². The van der Waals surface area contributed by atoms with E-state index in [0.29, 0.717) is 23.4 Å². The summed E-state index contributed by atoms with van der Waals surface area (Å²) in [6, 6.07) is 19.1. The maximum Gasteiger partial charge on any atom is 0.258 e. The first-order valence-corrected chi connectivity index (χ1v) is 13.6. The fourth-order valence-corrected chi connectivity index (χ4v) is 5.26. The summed E-state index contributed by atoms with van der Waals surface area (Å²) in [5, 5.41) is 2.80. The number of hydrogen-bond donors (Lipinski definition) is 1. The van der Waals surface area contributed by atoms with Gasteiger partial charge < -0.3 is 19.9 Å². The highest BCUT2D eigenvalue weighted by Gasteiger charge is 2.25. The summed E-state index contributed by atoms with van der Waals surface area (Å²) in [5.74, 6) is -0.919. The lowest BCUT2D eigenvalue weighted by Gasteiger charge is -2.29. The molecule has 7 nitrogen and oxygen atoms in total. The van der Waals surface area contributed by atoms with Crippen LogP contribution in [0.5, 0.6) is 0 Å². The quantitative estimate of drug-likeness (QED) is 0.468. The Kier molecular flexibility index (Phi) is 8.54. The second kappa shape index (κ2) is 12.4. The lowest BCUT2D eigenvalue weighted by Crippen LogP contribution is -2.38. The van der Waals surface area contributed by atoms with Gasteiger partial charge in [-0.1, -0.05) is 18.2 Å². The van der Waals surface area contributed by atoms with E-state index in [1.54, 1.807) is 37.3 Å². The van der Waals surface area contributed by atoms with E-state index >= 15 is 0 Å². The molecule has 0 aliphatic carbocycles. The predicted molar refractivity (Wildman–Crippen MR) is 152 cm³/mol.